The predicted molar refractivity (Wildman–Crippen MR) is 135 cm³/mol. The molecule has 0 aliphatic carbocycles. The minimum atomic E-state index is -4.07. The van der Waals surface area contributed by atoms with Crippen molar-refractivity contribution in [1.29, 1.82) is 0 Å². The monoisotopic (exact) mass is 527 g/mol. The van der Waals surface area contributed by atoms with Gasteiger partial charge in [-0.15, -0.1) is 10.2 Å². The van der Waals surface area contributed by atoms with E-state index in [0.717, 1.165) is 18.1 Å². The summed E-state index contributed by atoms with van der Waals surface area (Å²) in [6.45, 7) is 4.98. The molecule has 0 aliphatic rings. The van der Waals surface area contributed by atoms with E-state index in [4.69, 9.17) is 9.47 Å². The van der Waals surface area contributed by atoms with Crippen molar-refractivity contribution in [1.82, 2.24) is 29.7 Å². The first-order valence-electron chi connectivity index (χ1n) is 11.3. The molecule has 0 radical (unpaired) electrons. The second-order valence-electron chi connectivity index (χ2n) is 8.26. The molecule has 37 heavy (non-hydrogen) atoms. The minimum Gasteiger partial charge on any atom is -0.494 e. The summed E-state index contributed by atoms with van der Waals surface area (Å²) in [6, 6.07) is 10.5. The van der Waals surface area contributed by atoms with Crippen molar-refractivity contribution in [2.45, 2.75) is 31.9 Å². The van der Waals surface area contributed by atoms with Gasteiger partial charge in [0.15, 0.2) is 11.6 Å². The Kier molecular flexibility index (Phi) is 7.34. The fraction of sp³-hybridized carbons (Fsp3) is 0.292. The lowest BCUT2D eigenvalue weighted by Gasteiger charge is -2.21. The molecule has 11 nitrogen and oxygen atoms in total. The van der Waals surface area contributed by atoms with Crippen molar-refractivity contribution in [3.05, 3.63) is 66.1 Å². The summed E-state index contributed by atoms with van der Waals surface area (Å²) < 4.78 is 55.4. The molecule has 0 saturated carbocycles. The Labute approximate surface area is 213 Å². The number of sulfonamides is 1. The number of aryl methyl sites for hydroxylation is 1. The third-order valence-electron chi connectivity index (χ3n) is 5.88. The Morgan fingerprint density at radius 3 is 2.19 bits per heavy atom. The lowest BCUT2D eigenvalue weighted by molar-refractivity contribution is 0.391. The van der Waals surface area contributed by atoms with Gasteiger partial charge in [0.2, 0.25) is 16.0 Å². The van der Waals surface area contributed by atoms with E-state index in [2.05, 4.69) is 29.9 Å². The molecular weight excluding hydrogens is 501 g/mol. The minimum absolute atomic E-state index is 0.0971. The van der Waals surface area contributed by atoms with Crippen LogP contribution in [0.3, 0.4) is 0 Å². The number of nitrogens with one attached hydrogen (secondary N) is 1. The van der Waals surface area contributed by atoms with Gasteiger partial charge < -0.3 is 9.47 Å². The van der Waals surface area contributed by atoms with Crippen LogP contribution in [0, 0.1) is 12.7 Å². The van der Waals surface area contributed by atoms with Crippen molar-refractivity contribution >= 4 is 16.0 Å². The molecule has 0 amide bonds. The Morgan fingerprint density at radius 2 is 1.59 bits per heavy atom. The summed E-state index contributed by atoms with van der Waals surface area (Å²) in [6.07, 6.45) is 1.99. The van der Waals surface area contributed by atoms with E-state index in [0.29, 0.717) is 22.9 Å². The zero-order valence-corrected chi connectivity index (χ0v) is 21.7. The van der Waals surface area contributed by atoms with Crippen LogP contribution in [-0.4, -0.2) is 57.6 Å². The summed E-state index contributed by atoms with van der Waals surface area (Å²) in [5.74, 6) is -0.109. The third-order valence-corrected chi connectivity index (χ3v) is 7.73. The van der Waals surface area contributed by atoms with E-state index in [1.54, 1.807) is 31.2 Å². The van der Waals surface area contributed by atoms with Gasteiger partial charge >= 0.3 is 0 Å². The number of rotatable bonds is 9. The first-order chi connectivity index (χ1) is 17.7. The van der Waals surface area contributed by atoms with E-state index in [-0.39, 0.29) is 17.6 Å². The summed E-state index contributed by atoms with van der Waals surface area (Å²) in [7, 11) is -1.09. The van der Waals surface area contributed by atoms with Gasteiger partial charge in [-0.05, 0) is 38.1 Å². The fourth-order valence-corrected chi connectivity index (χ4v) is 4.94. The number of methoxy groups -OCH3 is 2. The largest absolute Gasteiger partial charge is 0.494 e. The highest BCUT2D eigenvalue weighted by Crippen LogP contribution is 2.37. The molecule has 0 bridgehead atoms. The van der Waals surface area contributed by atoms with Crippen LogP contribution in [0.5, 0.6) is 11.5 Å². The third kappa shape index (κ3) is 5.21. The number of aromatic nitrogens is 6. The average molecular weight is 528 g/mol. The first-order valence-corrected chi connectivity index (χ1v) is 12.8. The molecule has 13 heteroatoms. The van der Waals surface area contributed by atoms with Crippen molar-refractivity contribution in [3.8, 4) is 28.7 Å². The number of anilines is 1. The van der Waals surface area contributed by atoms with Crippen LogP contribution in [0.15, 0.2) is 48.8 Å². The van der Waals surface area contributed by atoms with Crippen LogP contribution in [0.25, 0.3) is 17.2 Å². The molecule has 4 aromatic rings. The molecule has 3 aromatic heterocycles. The number of benzene rings is 1. The number of halogens is 1. The number of nitrogens with zero attached hydrogens (tertiary/aromatic N) is 6. The number of hydrogen-bond donors (Lipinski definition) is 1. The highest BCUT2D eigenvalue weighted by molar-refractivity contribution is 7.93. The zero-order valence-electron chi connectivity index (χ0n) is 20.9. The van der Waals surface area contributed by atoms with Gasteiger partial charge in [-0.3, -0.25) is 9.29 Å². The van der Waals surface area contributed by atoms with Crippen LogP contribution in [0.1, 0.15) is 31.3 Å². The number of pyridine rings is 1. The molecule has 1 N–H and O–H groups in total. The lowest BCUT2D eigenvalue weighted by atomic mass is 10.1. The van der Waals surface area contributed by atoms with Crippen molar-refractivity contribution < 1.29 is 22.3 Å². The van der Waals surface area contributed by atoms with E-state index in [1.807, 2.05) is 19.1 Å². The average Bonchev–Trinajstić information content (AvgIpc) is 3.29. The molecule has 0 unspecified atom stereocenters. The molecule has 2 atom stereocenters. The van der Waals surface area contributed by atoms with Crippen molar-refractivity contribution in [2.24, 2.45) is 0 Å². The molecule has 4 rings (SSSR count). The van der Waals surface area contributed by atoms with E-state index in [9.17, 15) is 12.8 Å². The van der Waals surface area contributed by atoms with E-state index >= 15 is 0 Å². The summed E-state index contributed by atoms with van der Waals surface area (Å²) in [5, 5.41) is 7.40. The number of hydrogen-bond acceptors (Lipinski definition) is 9. The maximum Gasteiger partial charge on any atom is 0.243 e. The van der Waals surface area contributed by atoms with Crippen LogP contribution in [0.4, 0.5) is 10.3 Å². The second kappa shape index (κ2) is 10.5. The topological polar surface area (TPSA) is 134 Å². The lowest BCUT2D eigenvalue weighted by Crippen LogP contribution is -2.31. The standard InChI is InChI=1S/C24H26FN7O4S/c1-14-8-6-9-18(28-14)23-29-30-24(32(23)21-19(35-4)10-7-11-20(21)36-5)31-37(33,34)16(3)15(2)22-26-12-17(25)13-27-22/h6-13,15-16H,1-5H3,(H,30,31)/t15-,16-/m0/s1. The molecule has 1 aromatic carbocycles. The summed E-state index contributed by atoms with van der Waals surface area (Å²) in [4.78, 5) is 12.4. The van der Waals surface area contributed by atoms with Gasteiger partial charge in [-0.1, -0.05) is 19.1 Å². The molecule has 194 valence electrons. The smallest absolute Gasteiger partial charge is 0.243 e. The molecule has 3 heterocycles. The SMILES string of the molecule is COc1cccc(OC)c1-n1c(NS(=O)(=O)[C@@H](C)[C@H](C)c2ncc(F)cn2)nnc1-c1cccc(C)n1. The van der Waals surface area contributed by atoms with Crippen molar-refractivity contribution in [3.63, 3.8) is 0 Å². The Balaban J connectivity index is 1.83. The number of ether oxygens (including phenoxy) is 2. The molecule has 0 spiro atoms. The molecule has 0 fully saturated rings. The van der Waals surface area contributed by atoms with Gasteiger partial charge in [-0.2, -0.15) is 0 Å². The summed E-state index contributed by atoms with van der Waals surface area (Å²) in [5.41, 5.74) is 1.59. The van der Waals surface area contributed by atoms with E-state index < -0.39 is 27.0 Å². The Bertz CT molecular complexity index is 1490. The highest BCUT2D eigenvalue weighted by Gasteiger charge is 2.32. The van der Waals surface area contributed by atoms with Gasteiger partial charge in [-0.25, -0.2) is 27.8 Å². The highest BCUT2D eigenvalue weighted by atomic mass is 32.2. The first kappa shape index (κ1) is 25.9. The Hall–Kier alpha value is -4.13. The predicted octanol–water partition coefficient (Wildman–Crippen LogP) is 3.52. The molecule has 0 saturated heterocycles. The zero-order chi connectivity index (χ0) is 26.7. The summed E-state index contributed by atoms with van der Waals surface area (Å²) >= 11 is 0. The quantitative estimate of drug-likeness (QED) is 0.347. The maximum atomic E-state index is 13.5. The van der Waals surface area contributed by atoms with Crippen LogP contribution in [0.2, 0.25) is 0 Å². The maximum absolute atomic E-state index is 13.5. The fourth-order valence-electron chi connectivity index (χ4n) is 3.70. The second-order valence-corrected chi connectivity index (χ2v) is 10.3. The molecular formula is C24H26FN7O4S. The van der Waals surface area contributed by atoms with Crippen LogP contribution < -0.4 is 14.2 Å². The normalized spacial score (nSPS) is 13.1. The van der Waals surface area contributed by atoms with Crippen molar-refractivity contribution in [2.75, 3.05) is 18.9 Å². The van der Waals surface area contributed by atoms with E-state index in [1.165, 1.54) is 25.7 Å². The van der Waals surface area contributed by atoms with Gasteiger partial charge in [0, 0.05) is 11.6 Å². The van der Waals surface area contributed by atoms with Gasteiger partial charge in [0.05, 0.1) is 31.9 Å². The number of para-hydroxylation sites is 1. The van der Waals surface area contributed by atoms with Gasteiger partial charge in [0.1, 0.15) is 28.7 Å². The van der Waals surface area contributed by atoms with Crippen LogP contribution in [-0.2, 0) is 10.0 Å². The Morgan fingerprint density at radius 1 is 0.973 bits per heavy atom. The molecule has 0 aliphatic heterocycles. The van der Waals surface area contributed by atoms with Crippen LogP contribution >= 0.6 is 0 Å². The van der Waals surface area contributed by atoms with Gasteiger partial charge in [0.25, 0.3) is 0 Å².